The van der Waals surface area contributed by atoms with Gasteiger partial charge in [-0.2, -0.15) is 0 Å². The van der Waals surface area contributed by atoms with Crippen LogP contribution in [0, 0.1) is 0 Å². The van der Waals surface area contributed by atoms with Gasteiger partial charge in [0.2, 0.25) is 0 Å². The zero-order chi connectivity index (χ0) is 10.8. The molecule has 0 N–H and O–H groups in total. The van der Waals surface area contributed by atoms with Gasteiger partial charge in [-0.3, -0.25) is 0 Å². The van der Waals surface area contributed by atoms with Crippen LogP contribution >= 0.6 is 12.6 Å². The average Bonchev–Trinajstić information content (AvgIpc) is 2.21. The van der Waals surface area contributed by atoms with Crippen molar-refractivity contribution in [2.75, 3.05) is 5.75 Å². The SMILES string of the molecule is CCC[CH2][Sn]([CH2]CCC)[O]C(=O)CS. The second kappa shape index (κ2) is 10.1. The normalized spacial score (nSPS) is 10.6. The first-order valence-corrected chi connectivity index (χ1v) is 11.2. The zero-order valence-electron chi connectivity index (χ0n) is 9.21. The average molecular weight is 324 g/mol. The fourth-order valence-electron chi connectivity index (χ4n) is 1.17. The van der Waals surface area contributed by atoms with E-state index in [1.54, 1.807) is 0 Å². The van der Waals surface area contributed by atoms with Crippen molar-refractivity contribution in [3.63, 3.8) is 0 Å². The molecular weight excluding hydrogens is 303 g/mol. The third-order valence-corrected chi connectivity index (χ3v) is 8.94. The fraction of sp³-hybridized carbons (Fsp3) is 0.900. The van der Waals surface area contributed by atoms with E-state index in [4.69, 9.17) is 3.07 Å². The van der Waals surface area contributed by atoms with Gasteiger partial charge in [-0.15, -0.1) is 0 Å². The van der Waals surface area contributed by atoms with Gasteiger partial charge in [-0.1, -0.05) is 0 Å². The van der Waals surface area contributed by atoms with E-state index in [-0.39, 0.29) is 11.7 Å². The van der Waals surface area contributed by atoms with Crippen molar-refractivity contribution >= 4 is 38.8 Å². The van der Waals surface area contributed by atoms with E-state index in [1.165, 1.54) is 34.6 Å². The molecule has 0 saturated carbocycles. The van der Waals surface area contributed by atoms with Crippen molar-refractivity contribution in [1.29, 1.82) is 0 Å². The number of carbonyl (C=O) groups is 1. The van der Waals surface area contributed by atoms with Crippen LogP contribution in [0.4, 0.5) is 0 Å². The molecule has 1 radical (unpaired) electrons. The molecule has 0 fully saturated rings. The second-order valence-corrected chi connectivity index (χ2v) is 10.2. The molecule has 4 heteroatoms. The molecule has 83 valence electrons. The van der Waals surface area contributed by atoms with Crippen LogP contribution < -0.4 is 0 Å². The summed E-state index contributed by atoms with van der Waals surface area (Å²) in [5.74, 6) is 0.136. The van der Waals surface area contributed by atoms with E-state index < -0.39 is 20.2 Å². The van der Waals surface area contributed by atoms with E-state index >= 15 is 0 Å². The number of unbranched alkanes of at least 4 members (excludes halogenated alkanes) is 2. The van der Waals surface area contributed by atoms with Crippen molar-refractivity contribution < 1.29 is 7.87 Å². The first-order valence-electron chi connectivity index (χ1n) is 5.40. The maximum absolute atomic E-state index is 11.1. The van der Waals surface area contributed by atoms with Gasteiger partial charge in [0, 0.05) is 0 Å². The van der Waals surface area contributed by atoms with Crippen LogP contribution in [0.3, 0.4) is 0 Å². The molecule has 0 aromatic carbocycles. The molecule has 0 rings (SSSR count). The molecule has 0 spiro atoms. The van der Waals surface area contributed by atoms with Gasteiger partial charge < -0.3 is 0 Å². The van der Waals surface area contributed by atoms with E-state index in [0.29, 0.717) is 0 Å². The van der Waals surface area contributed by atoms with Gasteiger partial charge in [0.05, 0.1) is 0 Å². The summed E-state index contributed by atoms with van der Waals surface area (Å²) in [6.45, 7) is 4.36. The Morgan fingerprint density at radius 1 is 1.21 bits per heavy atom. The Morgan fingerprint density at radius 2 is 1.71 bits per heavy atom. The monoisotopic (exact) mass is 325 g/mol. The first-order chi connectivity index (χ1) is 6.74. The summed E-state index contributed by atoms with van der Waals surface area (Å²) >= 11 is 2.12. The number of rotatable bonds is 8. The molecular formula is C10H21O2SSn. The molecule has 14 heavy (non-hydrogen) atoms. The summed E-state index contributed by atoms with van der Waals surface area (Å²) in [7, 11) is 0. The second-order valence-electron chi connectivity index (χ2n) is 3.38. The van der Waals surface area contributed by atoms with E-state index in [9.17, 15) is 4.79 Å². The molecule has 0 aromatic rings. The predicted octanol–water partition coefficient (Wildman–Crippen LogP) is 3.05. The minimum atomic E-state index is -1.81. The van der Waals surface area contributed by atoms with Crippen molar-refractivity contribution in [3.05, 3.63) is 0 Å². The molecule has 0 bridgehead atoms. The third-order valence-electron chi connectivity index (χ3n) is 2.01. The van der Waals surface area contributed by atoms with Crippen LogP contribution in [0.15, 0.2) is 0 Å². The standard InChI is InChI=1S/2C4H9.C2H4O2S.Sn/c2*1-3-4-2;3-2(4)1-5;/h2*1,3-4H2,2H3;5H,1H2,(H,3,4);/q;;;+1/p-1. The molecule has 0 atom stereocenters. The van der Waals surface area contributed by atoms with Gasteiger partial charge in [-0.25, -0.2) is 0 Å². The summed E-state index contributed by atoms with van der Waals surface area (Å²) in [6, 6.07) is 0. The fourth-order valence-corrected chi connectivity index (χ4v) is 8.27. The van der Waals surface area contributed by atoms with E-state index in [2.05, 4.69) is 26.5 Å². The molecule has 0 aromatic heterocycles. The molecule has 0 amide bonds. The molecule has 2 nitrogen and oxygen atoms in total. The quantitative estimate of drug-likeness (QED) is 0.549. The van der Waals surface area contributed by atoms with Crippen LogP contribution in [0.25, 0.3) is 0 Å². The Morgan fingerprint density at radius 3 is 2.07 bits per heavy atom. The van der Waals surface area contributed by atoms with Crippen molar-refractivity contribution in [3.8, 4) is 0 Å². The molecule has 0 aliphatic heterocycles. The van der Waals surface area contributed by atoms with Crippen LogP contribution in [-0.2, 0) is 7.87 Å². The summed E-state index contributed by atoms with van der Waals surface area (Å²) in [6.07, 6.45) is 4.85. The van der Waals surface area contributed by atoms with Gasteiger partial charge in [-0.05, 0) is 0 Å². The van der Waals surface area contributed by atoms with Crippen LogP contribution in [0.2, 0.25) is 8.87 Å². The van der Waals surface area contributed by atoms with E-state index in [1.807, 2.05) is 0 Å². The molecule has 0 heterocycles. The van der Waals surface area contributed by atoms with Crippen LogP contribution in [0.1, 0.15) is 39.5 Å². The minimum absolute atomic E-state index is 0.102. The molecule has 0 aliphatic carbocycles. The van der Waals surface area contributed by atoms with Crippen LogP contribution in [-0.4, -0.2) is 31.9 Å². The Labute approximate surface area is 100 Å². The Hall–Kier alpha value is 0.619. The zero-order valence-corrected chi connectivity index (χ0v) is 13.0. The van der Waals surface area contributed by atoms with Crippen molar-refractivity contribution in [2.45, 2.75) is 48.4 Å². The van der Waals surface area contributed by atoms with Gasteiger partial charge in [0.15, 0.2) is 0 Å². The first kappa shape index (κ1) is 14.6. The number of thiol groups is 1. The van der Waals surface area contributed by atoms with Gasteiger partial charge >= 0.3 is 101 Å². The van der Waals surface area contributed by atoms with Crippen LogP contribution in [0.5, 0.6) is 0 Å². The number of hydrogen-bond acceptors (Lipinski definition) is 3. The molecule has 0 saturated heterocycles. The van der Waals surface area contributed by atoms with Crippen molar-refractivity contribution in [2.24, 2.45) is 0 Å². The predicted molar refractivity (Wildman–Crippen MR) is 65.1 cm³/mol. The topological polar surface area (TPSA) is 26.3 Å². The summed E-state index contributed by atoms with van der Waals surface area (Å²) in [4.78, 5) is 11.1. The van der Waals surface area contributed by atoms with Gasteiger partial charge in [0.1, 0.15) is 0 Å². The Bertz CT molecular complexity index is 145. The summed E-state index contributed by atoms with van der Waals surface area (Å²) in [5, 5.41) is 0. The van der Waals surface area contributed by atoms with Crippen molar-refractivity contribution in [1.82, 2.24) is 0 Å². The Kier molecular flexibility index (Phi) is 10.6. The summed E-state index contributed by atoms with van der Waals surface area (Å²) < 4.78 is 7.87. The maximum atomic E-state index is 11.1. The number of hydrogen-bond donors (Lipinski definition) is 1. The third kappa shape index (κ3) is 7.97. The van der Waals surface area contributed by atoms with Gasteiger partial charge in [0.25, 0.3) is 0 Å². The van der Waals surface area contributed by atoms with E-state index in [0.717, 1.165) is 0 Å². The molecule has 0 unspecified atom stereocenters. The Balaban J connectivity index is 3.77. The number of carbonyl (C=O) groups excluding carboxylic acids is 1. The summed E-state index contributed by atoms with van der Waals surface area (Å²) in [5.41, 5.74) is 0. The molecule has 0 aliphatic rings.